The number of alkyl halides is 2. The molecule has 1 aliphatic carbocycles. The van der Waals surface area contributed by atoms with Crippen LogP contribution in [0.25, 0.3) is 11.1 Å². The molecule has 0 saturated heterocycles. The van der Waals surface area contributed by atoms with E-state index in [1.165, 1.54) is 16.9 Å². The second kappa shape index (κ2) is 7.69. The number of nitrogens with one attached hydrogen (secondary N) is 1. The van der Waals surface area contributed by atoms with Crippen LogP contribution in [0.15, 0.2) is 29.6 Å². The van der Waals surface area contributed by atoms with Gasteiger partial charge in [-0.05, 0) is 37.3 Å². The number of ether oxygens (including phenoxy) is 1. The molecule has 150 valence electrons. The summed E-state index contributed by atoms with van der Waals surface area (Å²) in [5.41, 5.74) is 2.33. The Bertz CT molecular complexity index is 905. The van der Waals surface area contributed by atoms with Gasteiger partial charge in [-0.25, -0.2) is 4.79 Å². The Morgan fingerprint density at radius 1 is 1.25 bits per heavy atom. The summed E-state index contributed by atoms with van der Waals surface area (Å²) in [6, 6.07) is 8.06. The molecule has 4 nitrogen and oxygen atoms in total. The van der Waals surface area contributed by atoms with Crippen molar-refractivity contribution in [2.45, 2.75) is 44.4 Å². The number of carbonyl (C=O) groups is 2. The van der Waals surface area contributed by atoms with E-state index in [1.54, 1.807) is 13.8 Å². The number of amides is 1. The van der Waals surface area contributed by atoms with Gasteiger partial charge in [0.1, 0.15) is 14.9 Å². The van der Waals surface area contributed by atoms with E-state index < -0.39 is 15.7 Å². The monoisotopic (exact) mass is 439 g/mol. The summed E-state index contributed by atoms with van der Waals surface area (Å²) in [6.07, 6.45) is 0.374. The molecule has 0 spiro atoms. The number of hydrogen-bond donors (Lipinski definition) is 1. The fourth-order valence-corrected chi connectivity index (χ4v) is 4.66. The van der Waals surface area contributed by atoms with Crippen molar-refractivity contribution in [3.05, 3.63) is 40.8 Å². The van der Waals surface area contributed by atoms with Gasteiger partial charge in [0.2, 0.25) is 5.91 Å². The molecule has 1 N–H and O–H groups in total. The van der Waals surface area contributed by atoms with Gasteiger partial charge in [0.25, 0.3) is 0 Å². The molecule has 7 heteroatoms. The number of halogens is 2. The normalized spacial score (nSPS) is 20.1. The Morgan fingerprint density at radius 3 is 2.36 bits per heavy atom. The standard InChI is InChI=1S/C21H23Cl2NO3S/c1-5-27-18(25)16-15(14-8-6-13(7-9-14)12(2)3)10-28-17(16)24-19(26)20(4)11-21(20,22)23/h6-10,12H,5,11H2,1-4H3,(H,24,26). The maximum absolute atomic E-state index is 12.7. The predicted octanol–water partition coefficient (Wildman–Crippen LogP) is 6.24. The van der Waals surface area contributed by atoms with Crippen LogP contribution in [0.4, 0.5) is 5.00 Å². The lowest BCUT2D eigenvalue weighted by molar-refractivity contribution is -0.120. The average molecular weight is 440 g/mol. The molecule has 1 aromatic heterocycles. The van der Waals surface area contributed by atoms with Gasteiger partial charge in [-0.3, -0.25) is 4.79 Å². The summed E-state index contributed by atoms with van der Waals surface area (Å²) in [7, 11) is 0. The summed E-state index contributed by atoms with van der Waals surface area (Å²) < 4.78 is 4.16. The summed E-state index contributed by atoms with van der Waals surface area (Å²) >= 11 is 13.5. The minimum atomic E-state index is -1.08. The van der Waals surface area contributed by atoms with Gasteiger partial charge in [-0.2, -0.15) is 0 Å². The van der Waals surface area contributed by atoms with Crippen molar-refractivity contribution in [1.82, 2.24) is 0 Å². The zero-order valence-electron chi connectivity index (χ0n) is 16.3. The second-order valence-electron chi connectivity index (χ2n) is 7.52. The van der Waals surface area contributed by atoms with Gasteiger partial charge in [-0.15, -0.1) is 34.5 Å². The highest BCUT2D eigenvalue weighted by Gasteiger charge is 2.68. The van der Waals surface area contributed by atoms with E-state index in [2.05, 4.69) is 19.2 Å². The van der Waals surface area contributed by atoms with E-state index in [0.717, 1.165) is 11.1 Å². The first kappa shape index (κ1) is 21.2. The quantitative estimate of drug-likeness (QED) is 0.428. The topological polar surface area (TPSA) is 55.4 Å². The first-order valence-corrected chi connectivity index (χ1v) is 10.8. The Balaban J connectivity index is 1.95. The van der Waals surface area contributed by atoms with E-state index in [-0.39, 0.29) is 12.5 Å². The van der Waals surface area contributed by atoms with Crippen LogP contribution in [0.3, 0.4) is 0 Å². The van der Waals surface area contributed by atoms with E-state index in [1.807, 2.05) is 29.6 Å². The molecule has 1 fully saturated rings. The number of esters is 1. The molecule has 1 heterocycles. The molecule has 3 rings (SSSR count). The molecular formula is C21H23Cl2NO3S. The van der Waals surface area contributed by atoms with Crippen molar-refractivity contribution in [2.24, 2.45) is 5.41 Å². The zero-order valence-corrected chi connectivity index (χ0v) is 18.6. The number of rotatable bonds is 6. The highest BCUT2D eigenvalue weighted by atomic mass is 35.5. The van der Waals surface area contributed by atoms with Crippen LogP contribution in [-0.2, 0) is 9.53 Å². The third-order valence-electron chi connectivity index (χ3n) is 5.14. The maximum Gasteiger partial charge on any atom is 0.341 e. The Hall–Kier alpha value is -1.56. The fourth-order valence-electron chi connectivity index (χ4n) is 3.00. The van der Waals surface area contributed by atoms with Crippen LogP contribution in [0.5, 0.6) is 0 Å². The Kier molecular flexibility index (Phi) is 5.81. The lowest BCUT2D eigenvalue weighted by atomic mass is 9.98. The summed E-state index contributed by atoms with van der Waals surface area (Å²) in [5, 5.41) is 5.14. The van der Waals surface area contributed by atoms with Gasteiger partial charge >= 0.3 is 5.97 Å². The van der Waals surface area contributed by atoms with Crippen LogP contribution in [-0.4, -0.2) is 22.8 Å². The molecule has 28 heavy (non-hydrogen) atoms. The van der Waals surface area contributed by atoms with E-state index in [4.69, 9.17) is 27.9 Å². The third-order valence-corrected chi connectivity index (χ3v) is 7.14. The lowest BCUT2D eigenvalue weighted by Crippen LogP contribution is -2.26. The number of thiophene rings is 1. The summed E-state index contributed by atoms with van der Waals surface area (Å²) in [5.74, 6) is -0.348. The molecule has 1 aromatic carbocycles. The van der Waals surface area contributed by atoms with Gasteiger partial charge in [0.05, 0.1) is 12.0 Å². The first-order valence-electron chi connectivity index (χ1n) is 9.19. The molecule has 0 aliphatic heterocycles. The third kappa shape index (κ3) is 3.80. The number of anilines is 1. The van der Waals surface area contributed by atoms with E-state index in [0.29, 0.717) is 22.9 Å². The van der Waals surface area contributed by atoms with E-state index in [9.17, 15) is 9.59 Å². The molecule has 0 bridgehead atoms. The fraction of sp³-hybridized carbons (Fsp3) is 0.429. The van der Waals surface area contributed by atoms with Crippen molar-refractivity contribution < 1.29 is 14.3 Å². The molecule has 1 aliphatic rings. The number of hydrogen-bond acceptors (Lipinski definition) is 4. The molecule has 0 radical (unpaired) electrons. The SMILES string of the molecule is CCOC(=O)c1c(-c2ccc(C(C)C)cc2)csc1NC(=O)C1(C)CC1(Cl)Cl. The van der Waals surface area contributed by atoms with E-state index >= 15 is 0 Å². The molecule has 2 aromatic rings. The van der Waals surface area contributed by atoms with Crippen molar-refractivity contribution >= 4 is 51.4 Å². The molecule has 1 atom stereocenters. The van der Waals surface area contributed by atoms with Gasteiger partial charge < -0.3 is 10.1 Å². The van der Waals surface area contributed by atoms with Crippen LogP contribution >= 0.6 is 34.5 Å². The highest BCUT2D eigenvalue weighted by Crippen LogP contribution is 2.64. The van der Waals surface area contributed by atoms with Crippen molar-refractivity contribution in [3.63, 3.8) is 0 Å². The maximum atomic E-state index is 12.7. The lowest BCUT2D eigenvalue weighted by Gasteiger charge is -2.13. The molecule has 1 unspecified atom stereocenters. The largest absolute Gasteiger partial charge is 0.462 e. The summed E-state index contributed by atoms with van der Waals surface area (Å²) in [6.45, 7) is 7.97. The zero-order chi connectivity index (χ0) is 20.7. The Labute approximate surface area is 179 Å². The molecule has 1 amide bonds. The van der Waals surface area contributed by atoms with Crippen LogP contribution < -0.4 is 5.32 Å². The van der Waals surface area contributed by atoms with Crippen molar-refractivity contribution in [3.8, 4) is 11.1 Å². The minimum Gasteiger partial charge on any atom is -0.462 e. The van der Waals surface area contributed by atoms with Crippen molar-refractivity contribution in [1.29, 1.82) is 0 Å². The highest BCUT2D eigenvalue weighted by molar-refractivity contribution is 7.15. The van der Waals surface area contributed by atoms with Gasteiger partial charge in [0, 0.05) is 10.9 Å². The Morgan fingerprint density at radius 2 is 1.86 bits per heavy atom. The first-order chi connectivity index (χ1) is 13.1. The smallest absolute Gasteiger partial charge is 0.341 e. The number of benzene rings is 1. The van der Waals surface area contributed by atoms with Gasteiger partial charge in [0.15, 0.2) is 0 Å². The second-order valence-corrected chi connectivity index (χ2v) is 9.88. The average Bonchev–Trinajstić information content (AvgIpc) is 2.97. The molecule has 1 saturated carbocycles. The minimum absolute atomic E-state index is 0.248. The predicted molar refractivity (Wildman–Crippen MR) is 116 cm³/mol. The van der Waals surface area contributed by atoms with Crippen molar-refractivity contribution in [2.75, 3.05) is 11.9 Å². The van der Waals surface area contributed by atoms with Crippen LogP contribution in [0, 0.1) is 5.41 Å². The van der Waals surface area contributed by atoms with Crippen LogP contribution in [0.1, 0.15) is 56.0 Å². The van der Waals surface area contributed by atoms with Crippen LogP contribution in [0.2, 0.25) is 0 Å². The summed E-state index contributed by atoms with van der Waals surface area (Å²) in [4.78, 5) is 25.3. The molecular weight excluding hydrogens is 417 g/mol. The van der Waals surface area contributed by atoms with Gasteiger partial charge in [-0.1, -0.05) is 38.1 Å². The number of carbonyl (C=O) groups excluding carboxylic acids is 2.